The van der Waals surface area contributed by atoms with Crippen LogP contribution in [0.3, 0.4) is 0 Å². The van der Waals surface area contributed by atoms with Crippen LogP contribution in [-0.2, 0) is 16.6 Å². The summed E-state index contributed by atoms with van der Waals surface area (Å²) < 4.78 is 28.6. The maximum atomic E-state index is 12.7. The Bertz CT molecular complexity index is 1090. The fourth-order valence-electron chi connectivity index (χ4n) is 3.23. The van der Waals surface area contributed by atoms with Crippen molar-refractivity contribution in [3.8, 4) is 0 Å². The van der Waals surface area contributed by atoms with Crippen LogP contribution in [0.1, 0.15) is 34.5 Å². The highest BCUT2D eigenvalue weighted by molar-refractivity contribution is 7.99. The summed E-state index contributed by atoms with van der Waals surface area (Å²) in [4.78, 5) is 13.9. The minimum atomic E-state index is -3.49. The van der Waals surface area contributed by atoms with Crippen LogP contribution in [0.4, 0.5) is 0 Å². The SMILES string of the molecule is O=C(CSc1nnnn1Cc1cccs1)c1ccc(S(=O)(=O)N2CCCCC2)cc1. The first-order chi connectivity index (χ1) is 14.5. The van der Waals surface area contributed by atoms with E-state index in [2.05, 4.69) is 15.5 Å². The first kappa shape index (κ1) is 21.2. The smallest absolute Gasteiger partial charge is 0.243 e. The summed E-state index contributed by atoms with van der Waals surface area (Å²) >= 11 is 2.89. The zero-order valence-corrected chi connectivity index (χ0v) is 18.6. The second kappa shape index (κ2) is 9.38. The summed E-state index contributed by atoms with van der Waals surface area (Å²) in [5, 5.41) is 14.2. The zero-order chi connectivity index (χ0) is 21.0. The van der Waals surface area contributed by atoms with Gasteiger partial charge < -0.3 is 0 Å². The fourth-order valence-corrected chi connectivity index (χ4v) is 6.20. The molecule has 0 aliphatic carbocycles. The van der Waals surface area contributed by atoms with Crippen molar-refractivity contribution >= 4 is 38.9 Å². The maximum Gasteiger partial charge on any atom is 0.243 e. The highest BCUT2D eigenvalue weighted by Crippen LogP contribution is 2.22. The first-order valence-corrected chi connectivity index (χ1v) is 12.9. The Morgan fingerprint density at radius 2 is 1.87 bits per heavy atom. The number of piperidine rings is 1. The molecule has 2 aromatic heterocycles. The van der Waals surface area contributed by atoms with Crippen molar-refractivity contribution in [3.05, 3.63) is 52.2 Å². The van der Waals surface area contributed by atoms with Gasteiger partial charge in [0, 0.05) is 23.5 Å². The molecule has 3 heterocycles. The largest absolute Gasteiger partial charge is 0.293 e. The Balaban J connectivity index is 1.38. The number of rotatable bonds is 8. The van der Waals surface area contributed by atoms with Crippen molar-refractivity contribution in [2.75, 3.05) is 18.8 Å². The number of thioether (sulfide) groups is 1. The molecule has 3 aromatic rings. The molecule has 1 fully saturated rings. The summed E-state index contributed by atoms with van der Waals surface area (Å²) in [5.74, 6) is 0.0656. The summed E-state index contributed by atoms with van der Waals surface area (Å²) in [5.41, 5.74) is 0.470. The standard InChI is InChI=1S/C19H21N5O3S3/c25-18(14-29-19-20-21-22-24(19)13-16-5-4-12-28-16)15-6-8-17(9-7-15)30(26,27)23-10-2-1-3-11-23/h4-9,12H,1-3,10-11,13-14H2. The molecule has 30 heavy (non-hydrogen) atoms. The number of tetrazole rings is 1. The van der Waals surface area contributed by atoms with Crippen LogP contribution in [0.25, 0.3) is 0 Å². The molecule has 4 rings (SSSR count). The molecule has 0 amide bonds. The number of nitrogens with zero attached hydrogens (tertiary/aromatic N) is 5. The summed E-state index contributed by atoms with van der Waals surface area (Å²) in [7, 11) is -3.49. The van der Waals surface area contributed by atoms with Crippen LogP contribution >= 0.6 is 23.1 Å². The molecule has 0 unspecified atom stereocenters. The Morgan fingerprint density at radius 1 is 1.10 bits per heavy atom. The molecular weight excluding hydrogens is 442 g/mol. The van der Waals surface area contributed by atoms with Crippen molar-refractivity contribution in [2.24, 2.45) is 0 Å². The van der Waals surface area contributed by atoms with Gasteiger partial charge in [0.25, 0.3) is 0 Å². The average Bonchev–Trinajstić information content (AvgIpc) is 3.45. The van der Waals surface area contributed by atoms with Crippen LogP contribution < -0.4 is 0 Å². The van der Waals surface area contributed by atoms with E-state index in [1.54, 1.807) is 28.2 Å². The quantitative estimate of drug-likeness (QED) is 0.374. The summed E-state index contributed by atoms with van der Waals surface area (Å²) in [6.45, 7) is 1.67. The van der Waals surface area contributed by atoms with Gasteiger partial charge in [-0.15, -0.1) is 16.4 Å². The average molecular weight is 464 g/mol. The van der Waals surface area contributed by atoms with E-state index in [1.165, 1.54) is 28.2 Å². The van der Waals surface area contributed by atoms with Gasteiger partial charge >= 0.3 is 0 Å². The molecule has 0 saturated carbocycles. The monoisotopic (exact) mass is 463 g/mol. The van der Waals surface area contributed by atoms with E-state index in [0.717, 1.165) is 24.1 Å². The van der Waals surface area contributed by atoms with Crippen molar-refractivity contribution in [1.82, 2.24) is 24.5 Å². The molecule has 0 radical (unpaired) electrons. The van der Waals surface area contributed by atoms with E-state index in [0.29, 0.717) is 30.4 Å². The van der Waals surface area contributed by atoms with Crippen LogP contribution in [0.15, 0.2) is 51.8 Å². The molecule has 1 saturated heterocycles. The predicted octanol–water partition coefficient (Wildman–Crippen LogP) is 2.93. The van der Waals surface area contributed by atoms with E-state index < -0.39 is 10.0 Å². The molecule has 0 spiro atoms. The molecule has 8 nitrogen and oxygen atoms in total. The van der Waals surface area contributed by atoms with Gasteiger partial charge in [0.15, 0.2) is 5.78 Å². The molecule has 11 heteroatoms. The second-order valence-electron chi connectivity index (χ2n) is 6.90. The van der Waals surface area contributed by atoms with E-state index in [-0.39, 0.29) is 16.4 Å². The van der Waals surface area contributed by atoms with Crippen LogP contribution in [0.5, 0.6) is 0 Å². The van der Waals surface area contributed by atoms with Gasteiger partial charge in [0.1, 0.15) is 0 Å². The number of benzene rings is 1. The first-order valence-electron chi connectivity index (χ1n) is 9.59. The molecular formula is C19H21N5O3S3. The van der Waals surface area contributed by atoms with E-state index in [1.807, 2.05) is 17.5 Å². The number of thiophene rings is 1. The second-order valence-corrected chi connectivity index (χ2v) is 10.8. The molecule has 0 bridgehead atoms. The number of Topliss-reactive ketones (excluding diaryl/α,β-unsaturated/α-hetero) is 1. The van der Waals surface area contributed by atoms with Gasteiger partial charge in [0.2, 0.25) is 15.2 Å². The minimum Gasteiger partial charge on any atom is -0.293 e. The highest BCUT2D eigenvalue weighted by Gasteiger charge is 2.26. The molecule has 1 aliphatic heterocycles. The molecule has 0 atom stereocenters. The van der Waals surface area contributed by atoms with Gasteiger partial charge in [-0.2, -0.15) is 4.31 Å². The maximum absolute atomic E-state index is 12.7. The van der Waals surface area contributed by atoms with Crippen LogP contribution in [-0.4, -0.2) is 57.6 Å². The fraction of sp³-hybridized carbons (Fsp3) is 0.368. The molecule has 158 valence electrons. The number of sulfonamides is 1. The molecule has 1 aromatic carbocycles. The number of carbonyl (C=O) groups is 1. The van der Waals surface area contributed by atoms with Crippen LogP contribution in [0, 0.1) is 0 Å². The lowest BCUT2D eigenvalue weighted by Crippen LogP contribution is -2.35. The van der Waals surface area contributed by atoms with Crippen molar-refractivity contribution in [3.63, 3.8) is 0 Å². The predicted molar refractivity (Wildman–Crippen MR) is 115 cm³/mol. The topological polar surface area (TPSA) is 98.0 Å². The normalized spacial score (nSPS) is 15.3. The number of hydrogen-bond acceptors (Lipinski definition) is 8. The van der Waals surface area contributed by atoms with Crippen molar-refractivity contribution in [1.29, 1.82) is 0 Å². The van der Waals surface area contributed by atoms with E-state index in [9.17, 15) is 13.2 Å². The van der Waals surface area contributed by atoms with Gasteiger partial charge in [0.05, 0.1) is 17.2 Å². The van der Waals surface area contributed by atoms with Crippen LogP contribution in [0.2, 0.25) is 0 Å². The zero-order valence-electron chi connectivity index (χ0n) is 16.2. The Hall–Kier alpha value is -2.08. The third kappa shape index (κ3) is 4.80. The Labute approximate surface area is 183 Å². The molecule has 1 aliphatic rings. The van der Waals surface area contributed by atoms with E-state index >= 15 is 0 Å². The lowest BCUT2D eigenvalue weighted by molar-refractivity contribution is 0.102. The van der Waals surface area contributed by atoms with Crippen molar-refractivity contribution in [2.45, 2.75) is 35.9 Å². The Kier molecular flexibility index (Phi) is 6.61. The number of hydrogen-bond donors (Lipinski definition) is 0. The third-order valence-corrected chi connectivity index (χ3v) is 8.58. The highest BCUT2D eigenvalue weighted by atomic mass is 32.2. The van der Waals surface area contributed by atoms with Crippen molar-refractivity contribution < 1.29 is 13.2 Å². The van der Waals surface area contributed by atoms with Gasteiger partial charge in [-0.25, -0.2) is 13.1 Å². The summed E-state index contributed by atoms with van der Waals surface area (Å²) in [6, 6.07) is 10.2. The summed E-state index contributed by atoms with van der Waals surface area (Å²) in [6.07, 6.45) is 2.84. The number of ketones is 1. The third-order valence-electron chi connectivity index (χ3n) is 4.85. The number of carbonyl (C=O) groups excluding carboxylic acids is 1. The van der Waals surface area contributed by atoms with Gasteiger partial charge in [-0.1, -0.05) is 36.4 Å². The Morgan fingerprint density at radius 3 is 2.57 bits per heavy atom. The number of aromatic nitrogens is 4. The lowest BCUT2D eigenvalue weighted by atomic mass is 10.1. The van der Waals surface area contributed by atoms with Gasteiger partial charge in [-0.3, -0.25) is 4.79 Å². The molecule has 0 N–H and O–H groups in total. The van der Waals surface area contributed by atoms with Gasteiger partial charge in [-0.05, 0) is 46.8 Å². The van der Waals surface area contributed by atoms with E-state index in [4.69, 9.17) is 0 Å². The lowest BCUT2D eigenvalue weighted by Gasteiger charge is -2.25. The minimum absolute atomic E-state index is 0.104.